The largest absolute Gasteiger partial charge is 0.481 e. The lowest BCUT2D eigenvalue weighted by Gasteiger charge is -2.32. The van der Waals surface area contributed by atoms with E-state index in [1.165, 1.54) is 6.33 Å². The Morgan fingerprint density at radius 1 is 1.53 bits per heavy atom. The zero-order chi connectivity index (χ0) is 13.9. The molecule has 1 aliphatic rings. The van der Waals surface area contributed by atoms with Gasteiger partial charge in [-0.2, -0.15) is 0 Å². The van der Waals surface area contributed by atoms with Crippen LogP contribution in [0.25, 0.3) is 0 Å². The first-order chi connectivity index (χ1) is 9.03. The molecule has 1 amide bonds. The number of amides is 1. The lowest BCUT2D eigenvalue weighted by atomic mass is 9.80. The SMILES string of the molecule is Cn1cnc(C(=O)NCC2(C(=O)O)CCOCC2)c1. The summed E-state index contributed by atoms with van der Waals surface area (Å²) in [6.45, 7) is 0.915. The number of carboxylic acids is 1. The average Bonchev–Trinajstić information content (AvgIpc) is 2.83. The van der Waals surface area contributed by atoms with E-state index in [1.54, 1.807) is 17.8 Å². The summed E-state index contributed by atoms with van der Waals surface area (Å²) < 4.78 is 6.84. The quantitative estimate of drug-likeness (QED) is 0.803. The van der Waals surface area contributed by atoms with E-state index in [0.717, 1.165) is 0 Å². The van der Waals surface area contributed by atoms with Gasteiger partial charge in [0.2, 0.25) is 0 Å². The van der Waals surface area contributed by atoms with Crippen molar-refractivity contribution in [3.63, 3.8) is 0 Å². The van der Waals surface area contributed by atoms with E-state index in [4.69, 9.17) is 4.74 Å². The standard InChI is InChI=1S/C12H17N3O4/c1-15-6-9(14-8-15)10(16)13-7-12(11(17)18)2-4-19-5-3-12/h6,8H,2-5,7H2,1H3,(H,13,16)(H,17,18). The normalized spacial score (nSPS) is 17.9. The van der Waals surface area contributed by atoms with Crippen LogP contribution in [-0.4, -0.2) is 46.3 Å². The molecule has 1 aromatic heterocycles. The molecule has 1 fully saturated rings. The van der Waals surface area contributed by atoms with Crippen LogP contribution < -0.4 is 5.32 Å². The predicted octanol–water partition coefficient (Wildman–Crippen LogP) is 0.0313. The Labute approximate surface area is 110 Å². The van der Waals surface area contributed by atoms with E-state index in [1.807, 2.05) is 0 Å². The third-order valence-electron chi connectivity index (χ3n) is 3.43. The molecule has 0 atom stereocenters. The van der Waals surface area contributed by atoms with Crippen LogP contribution in [-0.2, 0) is 16.6 Å². The fraction of sp³-hybridized carbons (Fsp3) is 0.583. The first-order valence-electron chi connectivity index (χ1n) is 6.11. The summed E-state index contributed by atoms with van der Waals surface area (Å²) in [6, 6.07) is 0. The minimum atomic E-state index is -0.928. The van der Waals surface area contributed by atoms with Crippen molar-refractivity contribution in [3.05, 3.63) is 18.2 Å². The number of carbonyl (C=O) groups is 2. The fourth-order valence-electron chi connectivity index (χ4n) is 2.10. The Bertz CT molecular complexity index is 477. The molecular weight excluding hydrogens is 250 g/mol. The number of hydrogen-bond acceptors (Lipinski definition) is 4. The molecule has 1 aliphatic heterocycles. The van der Waals surface area contributed by atoms with Crippen molar-refractivity contribution in [2.24, 2.45) is 12.5 Å². The van der Waals surface area contributed by atoms with E-state index >= 15 is 0 Å². The number of nitrogens with one attached hydrogen (secondary N) is 1. The maximum absolute atomic E-state index is 11.9. The minimum Gasteiger partial charge on any atom is -0.481 e. The number of ether oxygens (including phenoxy) is 1. The van der Waals surface area contributed by atoms with Gasteiger partial charge in [-0.05, 0) is 12.8 Å². The Morgan fingerprint density at radius 2 is 2.21 bits per heavy atom. The molecule has 0 unspecified atom stereocenters. The van der Waals surface area contributed by atoms with Crippen molar-refractivity contribution in [3.8, 4) is 0 Å². The van der Waals surface area contributed by atoms with Gasteiger partial charge >= 0.3 is 5.97 Å². The summed E-state index contributed by atoms with van der Waals surface area (Å²) in [4.78, 5) is 27.2. The first-order valence-corrected chi connectivity index (χ1v) is 6.11. The van der Waals surface area contributed by atoms with Crippen LogP contribution in [0.3, 0.4) is 0 Å². The van der Waals surface area contributed by atoms with E-state index in [0.29, 0.717) is 26.1 Å². The summed E-state index contributed by atoms with van der Waals surface area (Å²) in [5.41, 5.74) is -0.641. The van der Waals surface area contributed by atoms with Gasteiger partial charge in [0, 0.05) is 33.0 Å². The number of hydrogen-bond donors (Lipinski definition) is 2. The topological polar surface area (TPSA) is 93.5 Å². The molecule has 0 bridgehead atoms. The van der Waals surface area contributed by atoms with Gasteiger partial charge in [0.1, 0.15) is 5.69 Å². The van der Waals surface area contributed by atoms with Crippen LogP contribution in [0.2, 0.25) is 0 Å². The van der Waals surface area contributed by atoms with Gasteiger partial charge in [-0.1, -0.05) is 0 Å². The Morgan fingerprint density at radius 3 is 2.74 bits per heavy atom. The highest BCUT2D eigenvalue weighted by molar-refractivity contribution is 5.92. The van der Waals surface area contributed by atoms with Crippen molar-refractivity contribution >= 4 is 11.9 Å². The van der Waals surface area contributed by atoms with Crippen LogP contribution in [0.5, 0.6) is 0 Å². The molecule has 0 aliphatic carbocycles. The zero-order valence-electron chi connectivity index (χ0n) is 10.8. The lowest BCUT2D eigenvalue weighted by molar-refractivity contribution is -0.154. The van der Waals surface area contributed by atoms with E-state index in [2.05, 4.69) is 10.3 Å². The van der Waals surface area contributed by atoms with Gasteiger partial charge in [-0.3, -0.25) is 9.59 Å². The zero-order valence-corrected chi connectivity index (χ0v) is 10.8. The Hall–Kier alpha value is -1.89. The van der Waals surface area contributed by atoms with Gasteiger partial charge in [0.15, 0.2) is 0 Å². The summed E-state index contributed by atoms with van der Waals surface area (Å²) in [5.74, 6) is -1.25. The van der Waals surface area contributed by atoms with Crippen molar-refractivity contribution < 1.29 is 19.4 Å². The number of nitrogens with zero attached hydrogens (tertiary/aromatic N) is 2. The number of rotatable bonds is 4. The van der Waals surface area contributed by atoms with E-state index in [9.17, 15) is 14.7 Å². The highest BCUT2D eigenvalue weighted by Gasteiger charge is 2.40. The molecule has 1 saturated heterocycles. The predicted molar refractivity (Wildman–Crippen MR) is 65.7 cm³/mol. The molecule has 2 N–H and O–H groups in total. The number of imidazole rings is 1. The van der Waals surface area contributed by atoms with Gasteiger partial charge in [0.25, 0.3) is 5.91 Å². The fourth-order valence-corrected chi connectivity index (χ4v) is 2.10. The van der Waals surface area contributed by atoms with E-state index < -0.39 is 11.4 Å². The van der Waals surface area contributed by atoms with Crippen LogP contribution in [0.15, 0.2) is 12.5 Å². The molecular formula is C12H17N3O4. The van der Waals surface area contributed by atoms with Gasteiger partial charge < -0.3 is 19.7 Å². The second-order valence-electron chi connectivity index (χ2n) is 4.80. The molecule has 0 aromatic carbocycles. The summed E-state index contributed by atoms with van der Waals surface area (Å²) >= 11 is 0. The van der Waals surface area contributed by atoms with Crippen molar-refractivity contribution in [2.75, 3.05) is 19.8 Å². The Balaban J connectivity index is 1.99. The summed E-state index contributed by atoms with van der Waals surface area (Å²) in [5, 5.41) is 12.0. The first kappa shape index (κ1) is 13.5. The summed E-state index contributed by atoms with van der Waals surface area (Å²) in [6.07, 6.45) is 3.93. The molecule has 2 heterocycles. The highest BCUT2D eigenvalue weighted by atomic mass is 16.5. The Kier molecular flexibility index (Phi) is 3.84. The third-order valence-corrected chi connectivity index (χ3v) is 3.43. The minimum absolute atomic E-state index is 0.0983. The molecule has 0 radical (unpaired) electrons. The van der Waals surface area contributed by atoms with Crippen LogP contribution >= 0.6 is 0 Å². The number of aliphatic carboxylic acids is 1. The third kappa shape index (κ3) is 2.93. The highest BCUT2D eigenvalue weighted by Crippen LogP contribution is 2.30. The molecule has 2 rings (SSSR count). The number of carboxylic acid groups (broad SMARTS) is 1. The number of carbonyl (C=O) groups excluding carboxylic acids is 1. The summed E-state index contributed by atoms with van der Waals surface area (Å²) in [7, 11) is 1.76. The van der Waals surface area contributed by atoms with Gasteiger partial charge in [0.05, 0.1) is 11.7 Å². The van der Waals surface area contributed by atoms with E-state index in [-0.39, 0.29) is 18.1 Å². The number of aryl methyl sites for hydroxylation is 1. The maximum Gasteiger partial charge on any atom is 0.311 e. The van der Waals surface area contributed by atoms with Gasteiger partial charge in [-0.15, -0.1) is 0 Å². The average molecular weight is 267 g/mol. The maximum atomic E-state index is 11.9. The van der Waals surface area contributed by atoms with Gasteiger partial charge in [-0.25, -0.2) is 4.98 Å². The molecule has 0 spiro atoms. The molecule has 7 heteroatoms. The van der Waals surface area contributed by atoms with Crippen LogP contribution in [0.4, 0.5) is 0 Å². The molecule has 0 saturated carbocycles. The number of aromatic nitrogens is 2. The van der Waals surface area contributed by atoms with Crippen molar-refractivity contribution in [1.82, 2.24) is 14.9 Å². The molecule has 7 nitrogen and oxygen atoms in total. The van der Waals surface area contributed by atoms with Crippen molar-refractivity contribution in [2.45, 2.75) is 12.8 Å². The second kappa shape index (κ2) is 5.40. The molecule has 1 aromatic rings. The van der Waals surface area contributed by atoms with Crippen molar-refractivity contribution in [1.29, 1.82) is 0 Å². The molecule has 19 heavy (non-hydrogen) atoms. The monoisotopic (exact) mass is 267 g/mol. The van der Waals surface area contributed by atoms with Crippen LogP contribution in [0.1, 0.15) is 23.3 Å². The molecule has 104 valence electrons. The lowest BCUT2D eigenvalue weighted by Crippen LogP contribution is -2.46. The smallest absolute Gasteiger partial charge is 0.311 e. The van der Waals surface area contributed by atoms with Crippen LogP contribution in [0, 0.1) is 5.41 Å². The second-order valence-corrected chi connectivity index (χ2v) is 4.80.